The smallest absolute Gasteiger partial charge is 0.260 e. The number of piperidine rings is 1. The number of hydrogen-bond acceptors (Lipinski definition) is 4. The summed E-state index contributed by atoms with van der Waals surface area (Å²) in [5, 5.41) is 8.07. The zero-order chi connectivity index (χ0) is 26.8. The van der Waals surface area contributed by atoms with Gasteiger partial charge in [0, 0.05) is 42.5 Å². The van der Waals surface area contributed by atoms with Crippen molar-refractivity contribution < 1.29 is 13.6 Å². The molecule has 0 bridgehead atoms. The molecule has 1 aliphatic rings. The van der Waals surface area contributed by atoms with Crippen LogP contribution in [0.1, 0.15) is 34.3 Å². The van der Waals surface area contributed by atoms with Gasteiger partial charge >= 0.3 is 0 Å². The first kappa shape index (κ1) is 24.9. The fraction of sp³-hybridized carbons (Fsp3) is 0.233. The molecule has 1 saturated heterocycles. The standard InChI is InChI=1S/C30H28F2N6O/c31-30(32)10-5-11-37(20-30)17-22-8-4-9-23(12-22)24-13-26-27(16-34-28(26)33-14-24)36-29(39)25-15-35-38(19-25)18-21-6-2-1-3-7-21/h1-4,6-9,12-16,19H,5,10-11,17-18,20H2,(H,33,34)(H,36,39). The molecule has 0 unspecified atom stereocenters. The van der Waals surface area contributed by atoms with E-state index in [1.165, 1.54) is 0 Å². The highest BCUT2D eigenvalue weighted by atomic mass is 19.3. The molecule has 0 aliphatic carbocycles. The molecule has 2 N–H and O–H groups in total. The van der Waals surface area contributed by atoms with Crippen LogP contribution in [0.15, 0.2) is 85.5 Å². The molecule has 39 heavy (non-hydrogen) atoms. The van der Waals surface area contributed by atoms with Gasteiger partial charge in [0.25, 0.3) is 11.8 Å². The van der Waals surface area contributed by atoms with E-state index in [1.54, 1.807) is 29.5 Å². The quantitative estimate of drug-likeness (QED) is 0.274. The summed E-state index contributed by atoms with van der Waals surface area (Å²) >= 11 is 0. The highest BCUT2D eigenvalue weighted by Gasteiger charge is 2.34. The second kappa shape index (κ2) is 10.4. The normalized spacial score (nSPS) is 15.4. The van der Waals surface area contributed by atoms with Crippen LogP contribution in [0.3, 0.4) is 0 Å². The maximum atomic E-state index is 13.9. The Balaban J connectivity index is 1.18. The van der Waals surface area contributed by atoms with E-state index in [2.05, 4.69) is 20.4 Å². The molecule has 0 saturated carbocycles. The van der Waals surface area contributed by atoms with Crippen LogP contribution in [0.2, 0.25) is 0 Å². The minimum atomic E-state index is -2.62. The van der Waals surface area contributed by atoms with Crippen LogP contribution >= 0.6 is 0 Å². The van der Waals surface area contributed by atoms with Gasteiger partial charge in [0.2, 0.25) is 0 Å². The zero-order valence-electron chi connectivity index (χ0n) is 21.3. The van der Waals surface area contributed by atoms with Gasteiger partial charge in [0.1, 0.15) is 5.65 Å². The molecule has 0 spiro atoms. The summed E-state index contributed by atoms with van der Waals surface area (Å²) in [5.74, 6) is -2.89. The molecule has 3 aromatic heterocycles. The number of pyridine rings is 1. The first-order valence-corrected chi connectivity index (χ1v) is 13.0. The van der Waals surface area contributed by atoms with E-state index in [1.807, 2.05) is 65.6 Å². The summed E-state index contributed by atoms with van der Waals surface area (Å²) in [5.41, 5.74) is 5.61. The van der Waals surface area contributed by atoms with Gasteiger partial charge in [-0.15, -0.1) is 0 Å². The molecule has 1 fully saturated rings. The van der Waals surface area contributed by atoms with Gasteiger partial charge in [-0.05, 0) is 41.8 Å². The minimum Gasteiger partial charge on any atom is -0.344 e. The SMILES string of the molecule is O=C(Nc1c[nH]c2ncc(-c3cccc(CN4CCCC(F)(F)C4)c3)cc12)c1cnn(Cc2ccccc2)c1. The lowest BCUT2D eigenvalue weighted by molar-refractivity contribution is -0.0661. The van der Waals surface area contributed by atoms with Crippen molar-refractivity contribution >= 4 is 22.6 Å². The molecular weight excluding hydrogens is 498 g/mol. The number of halogens is 2. The Bertz CT molecular complexity index is 1610. The van der Waals surface area contributed by atoms with E-state index in [0.29, 0.717) is 43.0 Å². The summed E-state index contributed by atoms with van der Waals surface area (Å²) in [7, 11) is 0. The number of benzene rings is 2. The molecule has 4 heterocycles. The maximum absolute atomic E-state index is 13.9. The average Bonchev–Trinajstić information content (AvgIpc) is 3.56. The number of carbonyl (C=O) groups is 1. The Hall–Kier alpha value is -4.37. The Kier molecular flexibility index (Phi) is 6.66. The topological polar surface area (TPSA) is 78.8 Å². The number of H-pyrrole nitrogens is 1. The monoisotopic (exact) mass is 526 g/mol. The van der Waals surface area contributed by atoms with E-state index >= 15 is 0 Å². The van der Waals surface area contributed by atoms with Crippen molar-refractivity contribution in [3.8, 4) is 11.1 Å². The number of carbonyl (C=O) groups excluding carboxylic acids is 1. The number of fused-ring (bicyclic) bond motifs is 1. The van der Waals surface area contributed by atoms with Gasteiger partial charge in [0.15, 0.2) is 0 Å². The molecule has 1 aliphatic heterocycles. The molecule has 0 radical (unpaired) electrons. The molecular formula is C30H28F2N6O. The molecule has 0 atom stereocenters. The highest BCUT2D eigenvalue weighted by molar-refractivity contribution is 6.08. The summed E-state index contributed by atoms with van der Waals surface area (Å²) in [6.07, 6.45) is 7.24. The second-order valence-corrected chi connectivity index (χ2v) is 10.1. The third kappa shape index (κ3) is 5.73. The van der Waals surface area contributed by atoms with Gasteiger partial charge < -0.3 is 10.3 Å². The molecule has 198 valence electrons. The predicted molar refractivity (Wildman–Crippen MR) is 147 cm³/mol. The van der Waals surface area contributed by atoms with Crippen LogP contribution < -0.4 is 5.32 Å². The second-order valence-electron chi connectivity index (χ2n) is 10.1. The average molecular weight is 527 g/mol. The van der Waals surface area contributed by atoms with Crippen LogP contribution in [0.4, 0.5) is 14.5 Å². The van der Waals surface area contributed by atoms with Gasteiger partial charge in [-0.1, -0.05) is 48.5 Å². The number of alkyl halides is 2. The molecule has 6 rings (SSSR count). The Labute approximate surface area is 224 Å². The van der Waals surface area contributed by atoms with E-state index in [4.69, 9.17) is 0 Å². The van der Waals surface area contributed by atoms with E-state index in [-0.39, 0.29) is 18.9 Å². The number of anilines is 1. The highest BCUT2D eigenvalue weighted by Crippen LogP contribution is 2.30. The number of nitrogens with one attached hydrogen (secondary N) is 2. The van der Waals surface area contributed by atoms with Crippen molar-refractivity contribution in [2.24, 2.45) is 0 Å². The molecule has 2 aromatic carbocycles. The molecule has 9 heteroatoms. The lowest BCUT2D eigenvalue weighted by Gasteiger charge is -2.32. The van der Waals surface area contributed by atoms with Crippen molar-refractivity contribution in [1.29, 1.82) is 0 Å². The minimum absolute atomic E-state index is 0.0409. The Morgan fingerprint density at radius 2 is 1.85 bits per heavy atom. The van der Waals surface area contributed by atoms with Crippen molar-refractivity contribution in [1.82, 2.24) is 24.6 Å². The van der Waals surface area contributed by atoms with Crippen LogP contribution in [0.25, 0.3) is 22.2 Å². The number of aromatic nitrogens is 4. The van der Waals surface area contributed by atoms with Crippen LogP contribution in [-0.4, -0.2) is 49.6 Å². The van der Waals surface area contributed by atoms with Crippen molar-refractivity contribution in [2.45, 2.75) is 31.9 Å². The third-order valence-electron chi connectivity index (χ3n) is 7.00. The van der Waals surface area contributed by atoms with Crippen molar-refractivity contribution in [3.63, 3.8) is 0 Å². The lowest BCUT2D eigenvalue weighted by atomic mass is 10.0. The Morgan fingerprint density at radius 1 is 1.00 bits per heavy atom. The first-order chi connectivity index (χ1) is 18.9. The van der Waals surface area contributed by atoms with E-state index in [0.717, 1.165) is 27.6 Å². The van der Waals surface area contributed by atoms with Crippen LogP contribution in [-0.2, 0) is 13.1 Å². The van der Waals surface area contributed by atoms with E-state index in [9.17, 15) is 13.6 Å². The fourth-order valence-corrected chi connectivity index (χ4v) is 5.09. The lowest BCUT2D eigenvalue weighted by Crippen LogP contribution is -2.41. The molecule has 5 aromatic rings. The number of nitrogens with zero attached hydrogens (tertiary/aromatic N) is 4. The number of likely N-dealkylation sites (tertiary alicyclic amines) is 1. The summed E-state index contributed by atoms with van der Waals surface area (Å²) < 4.78 is 29.4. The summed E-state index contributed by atoms with van der Waals surface area (Å²) in [4.78, 5) is 22.5. The number of aromatic amines is 1. The first-order valence-electron chi connectivity index (χ1n) is 13.0. The third-order valence-corrected chi connectivity index (χ3v) is 7.00. The summed E-state index contributed by atoms with van der Waals surface area (Å²) in [6, 6.07) is 19.8. The van der Waals surface area contributed by atoms with Gasteiger partial charge in [-0.3, -0.25) is 14.4 Å². The summed E-state index contributed by atoms with van der Waals surface area (Å²) in [6.45, 7) is 1.52. The van der Waals surface area contributed by atoms with Gasteiger partial charge in [0.05, 0.1) is 30.5 Å². The van der Waals surface area contributed by atoms with Crippen LogP contribution in [0.5, 0.6) is 0 Å². The van der Waals surface area contributed by atoms with E-state index < -0.39 is 5.92 Å². The molecule has 7 nitrogen and oxygen atoms in total. The van der Waals surface area contributed by atoms with Gasteiger partial charge in [-0.2, -0.15) is 5.10 Å². The van der Waals surface area contributed by atoms with Crippen LogP contribution in [0, 0.1) is 0 Å². The maximum Gasteiger partial charge on any atom is 0.260 e. The van der Waals surface area contributed by atoms with Crippen molar-refractivity contribution in [2.75, 3.05) is 18.4 Å². The largest absolute Gasteiger partial charge is 0.344 e. The zero-order valence-corrected chi connectivity index (χ0v) is 21.3. The number of amides is 1. The van der Waals surface area contributed by atoms with Gasteiger partial charge in [-0.25, -0.2) is 13.8 Å². The predicted octanol–water partition coefficient (Wildman–Crippen LogP) is 5.96. The Morgan fingerprint density at radius 3 is 2.69 bits per heavy atom. The number of hydrogen-bond donors (Lipinski definition) is 2. The van der Waals surface area contributed by atoms with Crippen molar-refractivity contribution in [3.05, 3.63) is 102 Å². The number of rotatable bonds is 7. The molecule has 1 amide bonds. The fourth-order valence-electron chi connectivity index (χ4n) is 5.09.